The molecule has 0 radical (unpaired) electrons. The first-order chi connectivity index (χ1) is 14.1. The molecule has 8 nitrogen and oxygen atoms in total. The van der Waals surface area contributed by atoms with Gasteiger partial charge in [-0.25, -0.2) is 9.97 Å². The van der Waals surface area contributed by atoms with Crippen molar-refractivity contribution in [1.82, 2.24) is 19.7 Å². The number of ether oxygens (including phenoxy) is 2. The second-order valence-electron chi connectivity index (χ2n) is 6.28. The molecule has 0 saturated carbocycles. The molecule has 29 heavy (non-hydrogen) atoms. The van der Waals surface area contributed by atoms with E-state index < -0.39 is 0 Å². The highest BCUT2D eigenvalue weighted by Gasteiger charge is 2.17. The summed E-state index contributed by atoms with van der Waals surface area (Å²) in [4.78, 5) is 21.3. The number of aryl methyl sites for hydroxylation is 1. The highest BCUT2D eigenvalue weighted by atomic mass is 32.1. The number of anilines is 1. The Labute approximate surface area is 171 Å². The molecule has 0 saturated heterocycles. The van der Waals surface area contributed by atoms with Gasteiger partial charge in [-0.05, 0) is 18.2 Å². The Hall–Kier alpha value is -3.30. The number of thiazole rings is 1. The first kappa shape index (κ1) is 19.0. The summed E-state index contributed by atoms with van der Waals surface area (Å²) in [6.07, 6.45) is 3.50. The number of pyridine rings is 1. The fourth-order valence-electron chi connectivity index (χ4n) is 3.13. The SMILES string of the molecule is COCC(=O)Nc1cc2c(-c3nccs3)cc(-c3ccnn3C)nc2cc1OC. The van der Waals surface area contributed by atoms with E-state index in [-0.39, 0.29) is 12.5 Å². The van der Waals surface area contributed by atoms with Gasteiger partial charge in [-0.3, -0.25) is 9.48 Å². The number of rotatable bonds is 6. The molecule has 0 fully saturated rings. The van der Waals surface area contributed by atoms with Gasteiger partial charge in [-0.2, -0.15) is 5.10 Å². The zero-order valence-corrected chi connectivity index (χ0v) is 17.0. The van der Waals surface area contributed by atoms with E-state index >= 15 is 0 Å². The minimum absolute atomic E-state index is 0.0434. The van der Waals surface area contributed by atoms with E-state index in [1.165, 1.54) is 18.4 Å². The second kappa shape index (κ2) is 7.98. The van der Waals surface area contributed by atoms with Crippen molar-refractivity contribution in [3.05, 3.63) is 42.0 Å². The molecular formula is C20H19N5O3S. The number of aromatic nitrogens is 4. The molecule has 4 rings (SSSR count). The van der Waals surface area contributed by atoms with E-state index in [9.17, 15) is 4.79 Å². The number of methoxy groups -OCH3 is 2. The number of nitrogens with zero attached hydrogens (tertiary/aromatic N) is 4. The maximum atomic E-state index is 12.1. The molecule has 0 aliphatic heterocycles. The lowest BCUT2D eigenvalue weighted by atomic mass is 10.1. The van der Waals surface area contributed by atoms with Gasteiger partial charge in [0.2, 0.25) is 5.91 Å². The van der Waals surface area contributed by atoms with Gasteiger partial charge in [-0.1, -0.05) is 0 Å². The zero-order valence-electron chi connectivity index (χ0n) is 16.2. The average molecular weight is 409 g/mol. The number of fused-ring (bicyclic) bond motifs is 1. The van der Waals surface area contributed by atoms with Gasteiger partial charge in [0.25, 0.3) is 0 Å². The number of carbonyl (C=O) groups is 1. The third kappa shape index (κ3) is 3.69. The quantitative estimate of drug-likeness (QED) is 0.525. The highest BCUT2D eigenvalue weighted by molar-refractivity contribution is 7.13. The van der Waals surface area contributed by atoms with E-state index in [1.54, 1.807) is 24.2 Å². The van der Waals surface area contributed by atoms with Crippen molar-refractivity contribution in [2.75, 3.05) is 26.1 Å². The van der Waals surface area contributed by atoms with Gasteiger partial charge in [0.15, 0.2) is 0 Å². The molecule has 3 heterocycles. The van der Waals surface area contributed by atoms with E-state index in [0.717, 1.165) is 32.9 Å². The fraction of sp³-hybridized carbons (Fsp3) is 0.200. The lowest BCUT2D eigenvalue weighted by Gasteiger charge is -2.14. The monoisotopic (exact) mass is 409 g/mol. The fourth-order valence-corrected chi connectivity index (χ4v) is 3.80. The Kier molecular flexibility index (Phi) is 5.24. The van der Waals surface area contributed by atoms with Crippen LogP contribution in [0.1, 0.15) is 0 Å². The number of carbonyl (C=O) groups excluding carboxylic acids is 1. The average Bonchev–Trinajstić information content (AvgIpc) is 3.38. The summed E-state index contributed by atoms with van der Waals surface area (Å²) in [5, 5.41) is 10.7. The highest BCUT2D eigenvalue weighted by Crippen LogP contribution is 2.38. The Balaban J connectivity index is 1.94. The van der Waals surface area contributed by atoms with Gasteiger partial charge < -0.3 is 14.8 Å². The topological polar surface area (TPSA) is 91.2 Å². The van der Waals surface area contributed by atoms with Gasteiger partial charge in [0.05, 0.1) is 29.7 Å². The molecule has 3 aromatic heterocycles. The van der Waals surface area contributed by atoms with Crippen LogP contribution in [0.3, 0.4) is 0 Å². The van der Waals surface area contributed by atoms with E-state index in [1.807, 2.05) is 36.7 Å². The van der Waals surface area contributed by atoms with Crippen LogP contribution >= 0.6 is 11.3 Å². The van der Waals surface area contributed by atoms with Crippen LogP contribution in [0.15, 0.2) is 42.0 Å². The summed E-state index contributed by atoms with van der Waals surface area (Å²) < 4.78 is 12.2. The summed E-state index contributed by atoms with van der Waals surface area (Å²) in [5.41, 5.74) is 3.87. The summed E-state index contributed by atoms with van der Waals surface area (Å²) in [6.45, 7) is -0.0434. The van der Waals surface area contributed by atoms with Crippen LogP contribution in [-0.2, 0) is 16.6 Å². The molecule has 148 valence electrons. The van der Waals surface area contributed by atoms with Gasteiger partial charge in [0.1, 0.15) is 17.4 Å². The third-order valence-corrected chi connectivity index (χ3v) is 5.23. The summed E-state index contributed by atoms with van der Waals surface area (Å²) in [7, 11) is 4.90. The van der Waals surface area contributed by atoms with Crippen LogP contribution in [0.2, 0.25) is 0 Å². The number of amides is 1. The number of hydrogen-bond donors (Lipinski definition) is 1. The lowest BCUT2D eigenvalue weighted by molar-refractivity contribution is -0.119. The predicted molar refractivity (Wildman–Crippen MR) is 112 cm³/mol. The normalized spacial score (nSPS) is 11.0. The van der Waals surface area contributed by atoms with E-state index in [4.69, 9.17) is 14.5 Å². The van der Waals surface area contributed by atoms with Crippen LogP contribution < -0.4 is 10.1 Å². The molecule has 1 aromatic carbocycles. The van der Waals surface area contributed by atoms with Crippen molar-refractivity contribution >= 4 is 33.8 Å². The maximum Gasteiger partial charge on any atom is 0.250 e. The van der Waals surface area contributed by atoms with E-state index in [0.29, 0.717) is 11.4 Å². The van der Waals surface area contributed by atoms with Crippen LogP contribution in [-0.4, -0.2) is 46.5 Å². The standard InChI is InChI=1S/C20H19N5O3S/c1-25-17(4-5-22-25)15-9-13(20-21-6-7-29-20)12-8-16(24-19(26)11-27-2)18(28-3)10-14(12)23-15/h4-10H,11H2,1-3H3,(H,24,26). The van der Waals surface area contributed by atoms with Crippen LogP contribution in [0, 0.1) is 0 Å². The minimum Gasteiger partial charge on any atom is -0.494 e. The van der Waals surface area contributed by atoms with Crippen molar-refractivity contribution in [3.63, 3.8) is 0 Å². The second-order valence-corrected chi connectivity index (χ2v) is 7.18. The largest absolute Gasteiger partial charge is 0.494 e. The zero-order chi connectivity index (χ0) is 20.4. The Morgan fingerprint density at radius 1 is 1.24 bits per heavy atom. The molecule has 0 aliphatic carbocycles. The number of benzene rings is 1. The van der Waals surface area contributed by atoms with Gasteiger partial charge >= 0.3 is 0 Å². The van der Waals surface area contributed by atoms with Crippen molar-refractivity contribution in [1.29, 1.82) is 0 Å². The summed E-state index contributed by atoms with van der Waals surface area (Å²) in [5.74, 6) is 0.252. The molecule has 4 aromatic rings. The number of nitrogens with one attached hydrogen (secondary N) is 1. The molecule has 0 atom stereocenters. The molecule has 0 bridgehead atoms. The van der Waals surface area contributed by atoms with E-state index in [2.05, 4.69) is 15.4 Å². The van der Waals surface area contributed by atoms with Crippen LogP contribution in [0.5, 0.6) is 5.75 Å². The van der Waals surface area contributed by atoms with Crippen molar-refractivity contribution in [2.45, 2.75) is 0 Å². The molecule has 1 amide bonds. The summed E-state index contributed by atoms with van der Waals surface area (Å²) >= 11 is 1.54. The smallest absolute Gasteiger partial charge is 0.250 e. The molecular weight excluding hydrogens is 390 g/mol. The van der Waals surface area contributed by atoms with Gasteiger partial charge in [-0.15, -0.1) is 11.3 Å². The Bertz CT molecular complexity index is 1170. The minimum atomic E-state index is -0.264. The lowest BCUT2D eigenvalue weighted by Crippen LogP contribution is -2.17. The van der Waals surface area contributed by atoms with Crippen molar-refractivity contribution in [2.24, 2.45) is 7.05 Å². The van der Waals surface area contributed by atoms with Crippen LogP contribution in [0.4, 0.5) is 5.69 Å². The third-order valence-electron chi connectivity index (χ3n) is 4.43. The Morgan fingerprint density at radius 2 is 2.10 bits per heavy atom. The molecule has 1 N–H and O–H groups in total. The van der Waals surface area contributed by atoms with Crippen LogP contribution in [0.25, 0.3) is 32.9 Å². The first-order valence-corrected chi connectivity index (χ1v) is 9.68. The number of hydrogen-bond acceptors (Lipinski definition) is 7. The van der Waals surface area contributed by atoms with Crippen molar-refractivity contribution < 1.29 is 14.3 Å². The Morgan fingerprint density at radius 3 is 2.76 bits per heavy atom. The molecule has 0 aliphatic rings. The summed E-state index contributed by atoms with van der Waals surface area (Å²) in [6, 6.07) is 7.58. The molecule has 9 heteroatoms. The predicted octanol–water partition coefficient (Wildman–Crippen LogP) is 3.35. The van der Waals surface area contributed by atoms with Gasteiger partial charge in [0, 0.05) is 48.9 Å². The molecule has 0 spiro atoms. The molecule has 0 unspecified atom stereocenters. The first-order valence-electron chi connectivity index (χ1n) is 8.80. The van der Waals surface area contributed by atoms with Crippen molar-refractivity contribution in [3.8, 4) is 27.7 Å². The maximum absolute atomic E-state index is 12.1.